The predicted octanol–water partition coefficient (Wildman–Crippen LogP) is 0.688. The minimum atomic E-state index is -0.525. The van der Waals surface area contributed by atoms with Gasteiger partial charge in [-0.25, -0.2) is 0 Å². The fourth-order valence-corrected chi connectivity index (χ4v) is 1.49. The van der Waals surface area contributed by atoms with Crippen LogP contribution in [0.1, 0.15) is 10.4 Å². The van der Waals surface area contributed by atoms with Crippen LogP contribution in [-0.4, -0.2) is 43.8 Å². The normalized spacial score (nSPS) is 20.4. The quantitative estimate of drug-likeness (QED) is 0.705. The van der Waals surface area contributed by atoms with Gasteiger partial charge in [0.15, 0.2) is 5.78 Å². The molecule has 0 aliphatic carbocycles. The molecule has 1 aromatic heterocycles. The lowest BCUT2D eigenvalue weighted by Crippen LogP contribution is -2.35. The van der Waals surface area contributed by atoms with Gasteiger partial charge in [-0.1, -0.05) is 0 Å². The zero-order chi connectivity index (χ0) is 11.4. The van der Waals surface area contributed by atoms with Crippen molar-refractivity contribution in [1.82, 2.24) is 4.98 Å². The maximum atomic E-state index is 12.0. The number of hydrogen-bond donors (Lipinski definition) is 0. The molecule has 5 heteroatoms. The first-order valence-corrected chi connectivity index (χ1v) is 5.04. The third-order valence-corrected chi connectivity index (χ3v) is 2.34. The molecule has 0 saturated carbocycles. The van der Waals surface area contributed by atoms with E-state index in [2.05, 4.69) is 4.98 Å². The van der Waals surface area contributed by atoms with E-state index in [1.165, 1.54) is 13.3 Å². The molecule has 1 saturated heterocycles. The summed E-state index contributed by atoms with van der Waals surface area (Å²) in [5.41, 5.74) is 0.481. The van der Waals surface area contributed by atoms with Crippen LogP contribution in [0, 0.1) is 0 Å². The molecular formula is C11H13NO4. The van der Waals surface area contributed by atoms with E-state index in [-0.39, 0.29) is 5.78 Å². The van der Waals surface area contributed by atoms with E-state index in [4.69, 9.17) is 14.2 Å². The second-order valence-electron chi connectivity index (χ2n) is 3.41. The molecule has 1 aromatic rings. The zero-order valence-electron chi connectivity index (χ0n) is 9.01. The topological polar surface area (TPSA) is 57.7 Å². The summed E-state index contributed by atoms with van der Waals surface area (Å²) >= 11 is 0. The summed E-state index contributed by atoms with van der Waals surface area (Å²) < 4.78 is 15.5. The van der Waals surface area contributed by atoms with Crippen LogP contribution in [0.4, 0.5) is 0 Å². The Balaban J connectivity index is 2.12. The van der Waals surface area contributed by atoms with E-state index in [1.807, 2.05) is 0 Å². The van der Waals surface area contributed by atoms with Crippen LogP contribution in [-0.2, 0) is 9.47 Å². The van der Waals surface area contributed by atoms with Crippen molar-refractivity contribution < 1.29 is 19.0 Å². The molecule has 0 aromatic carbocycles. The van der Waals surface area contributed by atoms with E-state index in [0.717, 1.165) is 0 Å². The van der Waals surface area contributed by atoms with Crippen LogP contribution in [0.2, 0.25) is 0 Å². The molecular weight excluding hydrogens is 210 g/mol. The largest absolute Gasteiger partial charge is 0.495 e. The molecule has 1 aliphatic rings. The van der Waals surface area contributed by atoms with Crippen molar-refractivity contribution in [3.63, 3.8) is 0 Å². The summed E-state index contributed by atoms with van der Waals surface area (Å²) in [6.07, 6.45) is 2.53. The average Bonchev–Trinajstić information content (AvgIpc) is 2.39. The lowest BCUT2D eigenvalue weighted by molar-refractivity contribution is -0.0719. The number of carbonyl (C=O) groups excluding carboxylic acids is 1. The highest BCUT2D eigenvalue weighted by Crippen LogP contribution is 2.14. The van der Waals surface area contributed by atoms with Gasteiger partial charge in [-0.2, -0.15) is 0 Å². The Bertz CT molecular complexity index is 374. The van der Waals surface area contributed by atoms with E-state index in [1.54, 1.807) is 12.3 Å². The molecule has 1 unspecified atom stereocenters. The van der Waals surface area contributed by atoms with Gasteiger partial charge in [0.05, 0.1) is 33.1 Å². The molecule has 1 fully saturated rings. The standard InChI is InChI=1S/C11H13NO4/c1-14-9-4-8(5-12-6-9)11(13)10-7-15-2-3-16-10/h4-6,10H,2-3,7H2,1H3. The first-order chi connectivity index (χ1) is 7.81. The van der Waals surface area contributed by atoms with Crippen molar-refractivity contribution in [3.8, 4) is 5.75 Å². The fraction of sp³-hybridized carbons (Fsp3) is 0.455. The van der Waals surface area contributed by atoms with Crippen molar-refractivity contribution in [2.75, 3.05) is 26.9 Å². The van der Waals surface area contributed by atoms with Crippen LogP contribution >= 0.6 is 0 Å². The number of nitrogens with zero attached hydrogens (tertiary/aromatic N) is 1. The maximum Gasteiger partial charge on any atom is 0.195 e. The lowest BCUT2D eigenvalue weighted by Gasteiger charge is -2.21. The Morgan fingerprint density at radius 2 is 2.38 bits per heavy atom. The molecule has 2 rings (SSSR count). The Kier molecular flexibility index (Phi) is 3.48. The van der Waals surface area contributed by atoms with Crippen LogP contribution in [0.15, 0.2) is 18.5 Å². The average molecular weight is 223 g/mol. The molecule has 0 radical (unpaired) electrons. The second-order valence-corrected chi connectivity index (χ2v) is 3.41. The minimum Gasteiger partial charge on any atom is -0.495 e. The molecule has 0 amide bonds. The molecule has 0 spiro atoms. The molecule has 5 nitrogen and oxygen atoms in total. The number of hydrogen-bond acceptors (Lipinski definition) is 5. The second kappa shape index (κ2) is 5.05. The number of pyridine rings is 1. The summed E-state index contributed by atoms with van der Waals surface area (Å²) in [6, 6.07) is 1.65. The highest BCUT2D eigenvalue weighted by molar-refractivity contribution is 5.99. The fourth-order valence-electron chi connectivity index (χ4n) is 1.49. The van der Waals surface area contributed by atoms with Crippen molar-refractivity contribution in [2.45, 2.75) is 6.10 Å². The molecule has 1 aliphatic heterocycles. The van der Waals surface area contributed by atoms with E-state index in [9.17, 15) is 4.79 Å². The smallest absolute Gasteiger partial charge is 0.195 e. The Hall–Kier alpha value is -1.46. The van der Waals surface area contributed by atoms with Gasteiger partial charge in [0.2, 0.25) is 0 Å². The first-order valence-electron chi connectivity index (χ1n) is 5.04. The van der Waals surface area contributed by atoms with Crippen LogP contribution in [0.5, 0.6) is 5.75 Å². The first kappa shape index (κ1) is 11.0. The van der Waals surface area contributed by atoms with Gasteiger partial charge < -0.3 is 14.2 Å². The summed E-state index contributed by atoms with van der Waals surface area (Å²) in [5, 5.41) is 0. The van der Waals surface area contributed by atoms with Gasteiger partial charge in [-0.15, -0.1) is 0 Å². The molecule has 0 bridgehead atoms. The number of ether oxygens (including phenoxy) is 3. The van der Waals surface area contributed by atoms with Crippen LogP contribution < -0.4 is 4.74 Å². The van der Waals surface area contributed by atoms with Gasteiger partial charge in [0, 0.05) is 11.8 Å². The zero-order valence-corrected chi connectivity index (χ0v) is 9.01. The SMILES string of the molecule is COc1cncc(C(=O)C2COCCO2)c1. The molecule has 86 valence electrons. The van der Waals surface area contributed by atoms with Crippen LogP contribution in [0.3, 0.4) is 0 Å². The summed E-state index contributed by atoms with van der Waals surface area (Å²) in [5.74, 6) is 0.439. The minimum absolute atomic E-state index is 0.119. The predicted molar refractivity (Wildman–Crippen MR) is 55.7 cm³/mol. The summed E-state index contributed by atoms with van der Waals surface area (Å²) in [6.45, 7) is 1.30. The molecule has 0 N–H and O–H groups in total. The highest BCUT2D eigenvalue weighted by atomic mass is 16.6. The Morgan fingerprint density at radius 3 is 3.06 bits per heavy atom. The number of carbonyl (C=O) groups is 1. The lowest BCUT2D eigenvalue weighted by atomic mass is 10.1. The van der Waals surface area contributed by atoms with Crippen molar-refractivity contribution >= 4 is 5.78 Å². The number of aromatic nitrogens is 1. The van der Waals surface area contributed by atoms with Gasteiger partial charge in [-0.05, 0) is 6.07 Å². The van der Waals surface area contributed by atoms with E-state index in [0.29, 0.717) is 31.1 Å². The van der Waals surface area contributed by atoms with E-state index < -0.39 is 6.10 Å². The van der Waals surface area contributed by atoms with Gasteiger partial charge in [-0.3, -0.25) is 9.78 Å². The van der Waals surface area contributed by atoms with Gasteiger partial charge in [0.1, 0.15) is 11.9 Å². The van der Waals surface area contributed by atoms with Crippen LogP contribution in [0.25, 0.3) is 0 Å². The van der Waals surface area contributed by atoms with Gasteiger partial charge >= 0.3 is 0 Å². The summed E-state index contributed by atoms with van der Waals surface area (Å²) in [4.78, 5) is 15.9. The number of ketones is 1. The summed E-state index contributed by atoms with van der Waals surface area (Å²) in [7, 11) is 1.53. The van der Waals surface area contributed by atoms with Gasteiger partial charge in [0.25, 0.3) is 0 Å². The monoisotopic (exact) mass is 223 g/mol. The maximum absolute atomic E-state index is 12.0. The number of rotatable bonds is 3. The number of methoxy groups -OCH3 is 1. The Morgan fingerprint density at radius 1 is 1.50 bits per heavy atom. The van der Waals surface area contributed by atoms with Crippen molar-refractivity contribution in [2.24, 2.45) is 0 Å². The molecule has 2 heterocycles. The van der Waals surface area contributed by atoms with Crippen molar-refractivity contribution in [3.05, 3.63) is 24.0 Å². The third-order valence-electron chi connectivity index (χ3n) is 2.34. The molecule has 1 atom stereocenters. The van der Waals surface area contributed by atoms with Crippen molar-refractivity contribution in [1.29, 1.82) is 0 Å². The number of Topliss-reactive ketones (excluding diaryl/α,β-unsaturated/α-hetero) is 1. The third kappa shape index (κ3) is 2.37. The van der Waals surface area contributed by atoms with E-state index >= 15 is 0 Å². The Labute approximate surface area is 93.3 Å². The molecule has 16 heavy (non-hydrogen) atoms. The highest BCUT2D eigenvalue weighted by Gasteiger charge is 2.24.